The van der Waals surface area contributed by atoms with Crippen LogP contribution in [0.2, 0.25) is 0 Å². The number of rotatable bonds is 2. The summed E-state index contributed by atoms with van der Waals surface area (Å²) >= 11 is 5.68. The summed E-state index contributed by atoms with van der Waals surface area (Å²) in [6.45, 7) is 2.90. The molecule has 0 unspecified atom stereocenters. The fraction of sp³-hybridized carbons (Fsp3) is 0.308. The van der Waals surface area contributed by atoms with Crippen molar-refractivity contribution >= 4 is 35.8 Å². The largest absolute Gasteiger partial charge is 0.337 e. The Labute approximate surface area is 126 Å². The van der Waals surface area contributed by atoms with E-state index in [4.69, 9.17) is 0 Å². The maximum atomic E-state index is 12.3. The summed E-state index contributed by atoms with van der Waals surface area (Å²) in [5, 5.41) is 1.88. The van der Waals surface area contributed by atoms with Gasteiger partial charge in [0, 0.05) is 48.8 Å². The number of piperazine rings is 1. The van der Waals surface area contributed by atoms with Gasteiger partial charge in [0.25, 0.3) is 5.91 Å². The van der Waals surface area contributed by atoms with E-state index in [0.29, 0.717) is 13.1 Å². The van der Waals surface area contributed by atoms with E-state index in [1.54, 1.807) is 18.5 Å². The standard InChI is InChI=1S/C13H14N4OS2/c18-12(11-8-10(19)9-20-11)16-4-6-17(7-5-16)13-14-2-1-3-15-13/h1-3,8-9,19H,4-7H2. The molecule has 0 N–H and O–H groups in total. The molecule has 2 aromatic rings. The highest BCUT2D eigenvalue weighted by molar-refractivity contribution is 7.80. The van der Waals surface area contributed by atoms with E-state index in [1.807, 2.05) is 16.3 Å². The molecule has 2 aromatic heterocycles. The molecule has 0 radical (unpaired) electrons. The van der Waals surface area contributed by atoms with E-state index in [-0.39, 0.29) is 5.91 Å². The normalized spacial score (nSPS) is 15.4. The molecule has 3 heterocycles. The van der Waals surface area contributed by atoms with Crippen LogP contribution in [-0.4, -0.2) is 47.0 Å². The van der Waals surface area contributed by atoms with Crippen molar-refractivity contribution in [3.05, 3.63) is 34.8 Å². The number of thiophene rings is 1. The lowest BCUT2D eigenvalue weighted by Crippen LogP contribution is -2.49. The number of hydrogen-bond acceptors (Lipinski definition) is 6. The molecule has 0 bridgehead atoms. The average molecular weight is 306 g/mol. The van der Waals surface area contributed by atoms with Crippen LogP contribution in [0.1, 0.15) is 9.67 Å². The van der Waals surface area contributed by atoms with Crippen LogP contribution in [0.5, 0.6) is 0 Å². The van der Waals surface area contributed by atoms with E-state index in [9.17, 15) is 4.79 Å². The zero-order valence-corrected chi connectivity index (χ0v) is 12.5. The lowest BCUT2D eigenvalue weighted by Gasteiger charge is -2.34. The molecule has 3 rings (SSSR count). The van der Waals surface area contributed by atoms with E-state index in [1.165, 1.54) is 11.3 Å². The number of amides is 1. The SMILES string of the molecule is O=C(c1cc(S)cs1)N1CCN(c2ncccn2)CC1. The Hall–Kier alpha value is -1.60. The van der Waals surface area contributed by atoms with Crippen LogP contribution in [-0.2, 0) is 0 Å². The number of carbonyl (C=O) groups is 1. The summed E-state index contributed by atoms with van der Waals surface area (Å²) in [7, 11) is 0. The highest BCUT2D eigenvalue weighted by atomic mass is 32.1. The van der Waals surface area contributed by atoms with Crippen LogP contribution >= 0.6 is 24.0 Å². The van der Waals surface area contributed by atoms with Crippen molar-refractivity contribution < 1.29 is 4.79 Å². The summed E-state index contributed by atoms with van der Waals surface area (Å²) < 4.78 is 0. The summed E-state index contributed by atoms with van der Waals surface area (Å²) in [6, 6.07) is 3.62. The highest BCUT2D eigenvalue weighted by Crippen LogP contribution is 2.20. The van der Waals surface area contributed by atoms with Gasteiger partial charge in [-0.2, -0.15) is 0 Å². The Bertz CT molecular complexity index is 593. The molecule has 1 saturated heterocycles. The first-order valence-corrected chi connectivity index (χ1v) is 7.65. The van der Waals surface area contributed by atoms with Gasteiger partial charge in [0.1, 0.15) is 0 Å². The summed E-state index contributed by atoms with van der Waals surface area (Å²) in [6.07, 6.45) is 3.47. The molecular weight excluding hydrogens is 292 g/mol. The van der Waals surface area contributed by atoms with Gasteiger partial charge in [-0.25, -0.2) is 9.97 Å². The van der Waals surface area contributed by atoms with Crippen molar-refractivity contribution in [2.45, 2.75) is 4.90 Å². The van der Waals surface area contributed by atoms with Crippen molar-refractivity contribution in [3.8, 4) is 0 Å². The summed E-state index contributed by atoms with van der Waals surface area (Å²) in [5.74, 6) is 0.817. The number of anilines is 1. The monoisotopic (exact) mass is 306 g/mol. The summed E-state index contributed by atoms with van der Waals surface area (Å²) in [4.78, 5) is 26.3. The van der Waals surface area contributed by atoms with E-state index in [0.717, 1.165) is 28.8 Å². The molecule has 0 aliphatic carbocycles. The van der Waals surface area contributed by atoms with Crippen molar-refractivity contribution in [2.24, 2.45) is 0 Å². The lowest BCUT2D eigenvalue weighted by molar-refractivity contribution is 0.0751. The van der Waals surface area contributed by atoms with E-state index in [2.05, 4.69) is 27.5 Å². The topological polar surface area (TPSA) is 49.3 Å². The quantitative estimate of drug-likeness (QED) is 0.860. The minimum atomic E-state index is 0.0870. The second kappa shape index (κ2) is 5.80. The van der Waals surface area contributed by atoms with Crippen molar-refractivity contribution in [1.82, 2.24) is 14.9 Å². The fourth-order valence-electron chi connectivity index (χ4n) is 2.16. The molecule has 0 aromatic carbocycles. The fourth-order valence-corrected chi connectivity index (χ4v) is 3.27. The average Bonchev–Trinajstić information content (AvgIpc) is 2.94. The molecule has 104 valence electrons. The van der Waals surface area contributed by atoms with Crippen LogP contribution in [0.15, 0.2) is 34.8 Å². The van der Waals surface area contributed by atoms with Gasteiger partial charge >= 0.3 is 0 Å². The number of thiol groups is 1. The van der Waals surface area contributed by atoms with Crippen LogP contribution in [0.3, 0.4) is 0 Å². The van der Waals surface area contributed by atoms with Crippen LogP contribution < -0.4 is 4.90 Å². The van der Waals surface area contributed by atoms with Gasteiger partial charge in [-0.1, -0.05) is 0 Å². The minimum absolute atomic E-state index is 0.0870. The smallest absolute Gasteiger partial charge is 0.264 e. The molecule has 20 heavy (non-hydrogen) atoms. The Kier molecular flexibility index (Phi) is 3.88. The predicted octanol–water partition coefficient (Wildman–Crippen LogP) is 1.79. The van der Waals surface area contributed by atoms with Gasteiger partial charge in [-0.05, 0) is 12.1 Å². The molecule has 0 atom stereocenters. The zero-order chi connectivity index (χ0) is 13.9. The van der Waals surface area contributed by atoms with Crippen molar-refractivity contribution in [3.63, 3.8) is 0 Å². The molecule has 7 heteroatoms. The Morgan fingerprint density at radius 3 is 2.50 bits per heavy atom. The first kappa shape index (κ1) is 13.4. The predicted molar refractivity (Wildman–Crippen MR) is 81.7 cm³/mol. The maximum absolute atomic E-state index is 12.3. The second-order valence-corrected chi connectivity index (χ2v) is 5.92. The second-order valence-electron chi connectivity index (χ2n) is 4.50. The third kappa shape index (κ3) is 2.78. The third-order valence-corrected chi connectivity index (χ3v) is 4.55. The number of carbonyl (C=O) groups excluding carboxylic acids is 1. The zero-order valence-electron chi connectivity index (χ0n) is 10.8. The minimum Gasteiger partial charge on any atom is -0.337 e. The maximum Gasteiger partial charge on any atom is 0.264 e. The highest BCUT2D eigenvalue weighted by Gasteiger charge is 2.24. The number of hydrogen-bond donors (Lipinski definition) is 1. The Morgan fingerprint density at radius 1 is 1.20 bits per heavy atom. The molecular formula is C13H14N4OS2. The molecule has 1 amide bonds. The summed E-state index contributed by atoms with van der Waals surface area (Å²) in [5.41, 5.74) is 0. The van der Waals surface area contributed by atoms with Crippen LogP contribution in [0, 0.1) is 0 Å². The van der Waals surface area contributed by atoms with Gasteiger partial charge in [0.2, 0.25) is 5.95 Å². The first-order valence-electron chi connectivity index (χ1n) is 6.33. The van der Waals surface area contributed by atoms with Gasteiger partial charge in [0.15, 0.2) is 0 Å². The molecule has 0 saturated carbocycles. The Morgan fingerprint density at radius 2 is 1.90 bits per heavy atom. The molecule has 1 fully saturated rings. The van der Waals surface area contributed by atoms with Gasteiger partial charge in [0.05, 0.1) is 4.88 Å². The van der Waals surface area contributed by atoms with E-state index >= 15 is 0 Å². The molecule has 5 nitrogen and oxygen atoms in total. The van der Waals surface area contributed by atoms with Crippen molar-refractivity contribution in [2.75, 3.05) is 31.1 Å². The van der Waals surface area contributed by atoms with Crippen LogP contribution in [0.25, 0.3) is 0 Å². The molecule has 0 spiro atoms. The molecule has 1 aliphatic heterocycles. The van der Waals surface area contributed by atoms with Crippen molar-refractivity contribution in [1.29, 1.82) is 0 Å². The van der Waals surface area contributed by atoms with E-state index < -0.39 is 0 Å². The number of aromatic nitrogens is 2. The third-order valence-electron chi connectivity index (χ3n) is 3.20. The van der Waals surface area contributed by atoms with Gasteiger partial charge < -0.3 is 9.80 Å². The molecule has 1 aliphatic rings. The lowest BCUT2D eigenvalue weighted by atomic mass is 10.3. The Balaban J connectivity index is 1.63. The number of nitrogens with zero attached hydrogens (tertiary/aromatic N) is 4. The van der Waals surface area contributed by atoms with Crippen LogP contribution in [0.4, 0.5) is 5.95 Å². The first-order chi connectivity index (χ1) is 9.74. The van der Waals surface area contributed by atoms with Gasteiger partial charge in [-0.15, -0.1) is 24.0 Å². The van der Waals surface area contributed by atoms with Gasteiger partial charge in [-0.3, -0.25) is 4.79 Å².